The molecule has 3 nitrogen and oxygen atoms in total. The number of alkyl halides is 2. The van der Waals surface area contributed by atoms with E-state index >= 15 is 0 Å². The van der Waals surface area contributed by atoms with Gasteiger partial charge in [0.2, 0.25) is 0 Å². The Bertz CT molecular complexity index is 387. The van der Waals surface area contributed by atoms with E-state index in [-0.39, 0.29) is 11.3 Å². The predicted octanol–water partition coefficient (Wildman–Crippen LogP) is 1.88. The normalized spacial score (nSPS) is 9.93. The minimum atomic E-state index is -3.13. The fourth-order valence-corrected chi connectivity index (χ4v) is 0.852. The molecule has 2 N–H and O–H groups in total. The van der Waals surface area contributed by atoms with E-state index in [9.17, 15) is 13.2 Å². The maximum atomic E-state index is 12.9. The van der Waals surface area contributed by atoms with Crippen molar-refractivity contribution in [3.63, 3.8) is 0 Å². The molecule has 0 aliphatic carbocycles. The zero-order valence-corrected chi connectivity index (χ0v) is 6.80. The number of hydrogen-bond acceptors (Lipinski definition) is 3. The van der Waals surface area contributed by atoms with Crippen molar-refractivity contribution in [2.75, 3.05) is 5.73 Å². The monoisotopic (exact) mass is 202 g/mol. The van der Waals surface area contributed by atoms with E-state index in [0.29, 0.717) is 0 Å². The summed E-state index contributed by atoms with van der Waals surface area (Å²) in [7, 11) is 0. The standard InChI is InChI=1S/C8H5F3N2O/c9-5-1-4(3-12)6(13)2-7(5)14-8(10)11/h1-2,8H,13H2. The lowest BCUT2D eigenvalue weighted by Crippen LogP contribution is -2.05. The van der Waals surface area contributed by atoms with Gasteiger partial charge in [0.15, 0.2) is 11.6 Å². The zero-order valence-electron chi connectivity index (χ0n) is 6.80. The van der Waals surface area contributed by atoms with Gasteiger partial charge in [-0.15, -0.1) is 0 Å². The van der Waals surface area contributed by atoms with Crippen molar-refractivity contribution in [3.05, 3.63) is 23.5 Å². The number of nitrogens with two attached hydrogens (primary N) is 1. The van der Waals surface area contributed by atoms with Crippen LogP contribution < -0.4 is 10.5 Å². The molecule has 1 aromatic carbocycles. The summed E-state index contributed by atoms with van der Waals surface area (Å²) in [5.41, 5.74) is 5.03. The first-order valence-corrected chi connectivity index (χ1v) is 3.48. The summed E-state index contributed by atoms with van der Waals surface area (Å²) < 4.78 is 40.2. The number of anilines is 1. The molecule has 0 atom stereocenters. The molecule has 1 aromatic rings. The summed E-state index contributed by atoms with van der Waals surface area (Å²) in [4.78, 5) is 0. The largest absolute Gasteiger partial charge is 0.432 e. The molecule has 1 rings (SSSR count). The van der Waals surface area contributed by atoms with Gasteiger partial charge in [-0.1, -0.05) is 0 Å². The smallest absolute Gasteiger partial charge is 0.387 e. The molecule has 0 radical (unpaired) electrons. The van der Waals surface area contributed by atoms with Crippen LogP contribution in [0, 0.1) is 17.1 Å². The van der Waals surface area contributed by atoms with Gasteiger partial charge in [-0.3, -0.25) is 0 Å². The first-order valence-electron chi connectivity index (χ1n) is 3.48. The molecule has 14 heavy (non-hydrogen) atoms. The minimum absolute atomic E-state index is 0.107. The Labute approximate surface area is 77.5 Å². The van der Waals surface area contributed by atoms with E-state index in [1.54, 1.807) is 6.07 Å². The van der Waals surface area contributed by atoms with Crippen molar-refractivity contribution >= 4 is 5.69 Å². The van der Waals surface area contributed by atoms with Crippen LogP contribution in [-0.2, 0) is 0 Å². The van der Waals surface area contributed by atoms with E-state index < -0.39 is 18.2 Å². The van der Waals surface area contributed by atoms with E-state index in [2.05, 4.69) is 4.74 Å². The molecule has 74 valence electrons. The van der Waals surface area contributed by atoms with Crippen LogP contribution in [0.3, 0.4) is 0 Å². The lowest BCUT2D eigenvalue weighted by atomic mass is 10.2. The highest BCUT2D eigenvalue weighted by atomic mass is 19.3. The summed E-state index contributed by atoms with van der Waals surface area (Å²) in [6, 6.07) is 3.20. The Morgan fingerprint density at radius 1 is 1.43 bits per heavy atom. The third-order valence-corrected chi connectivity index (χ3v) is 1.44. The van der Waals surface area contributed by atoms with Gasteiger partial charge in [-0.25, -0.2) is 4.39 Å². The van der Waals surface area contributed by atoms with Crippen molar-refractivity contribution < 1.29 is 17.9 Å². The third kappa shape index (κ3) is 2.07. The van der Waals surface area contributed by atoms with Gasteiger partial charge >= 0.3 is 6.61 Å². The van der Waals surface area contributed by atoms with Gasteiger partial charge in [-0.2, -0.15) is 14.0 Å². The SMILES string of the molecule is N#Cc1cc(F)c(OC(F)F)cc1N. The van der Waals surface area contributed by atoms with Gasteiger partial charge in [-0.05, 0) is 6.07 Å². The summed E-state index contributed by atoms with van der Waals surface area (Å²) in [5.74, 6) is -1.72. The van der Waals surface area contributed by atoms with E-state index in [0.717, 1.165) is 12.1 Å². The maximum Gasteiger partial charge on any atom is 0.387 e. The first-order chi connectivity index (χ1) is 6.54. The average Bonchev–Trinajstić information content (AvgIpc) is 2.10. The molecule has 0 amide bonds. The Morgan fingerprint density at radius 2 is 2.07 bits per heavy atom. The van der Waals surface area contributed by atoms with Crippen LogP contribution in [0.2, 0.25) is 0 Å². The average molecular weight is 202 g/mol. The van der Waals surface area contributed by atoms with Crippen molar-refractivity contribution in [1.82, 2.24) is 0 Å². The molecule has 6 heteroatoms. The van der Waals surface area contributed by atoms with Crippen molar-refractivity contribution in [1.29, 1.82) is 5.26 Å². The van der Waals surface area contributed by atoms with Crippen LogP contribution in [-0.4, -0.2) is 6.61 Å². The molecule has 0 saturated heterocycles. The quantitative estimate of drug-likeness (QED) is 0.745. The van der Waals surface area contributed by atoms with Crippen LogP contribution in [0.25, 0.3) is 0 Å². The zero-order chi connectivity index (χ0) is 10.7. The number of halogens is 3. The molecular formula is C8H5F3N2O. The lowest BCUT2D eigenvalue weighted by Gasteiger charge is -2.06. The Balaban J connectivity index is 3.10. The molecule has 0 fully saturated rings. The first kappa shape index (κ1) is 10.2. The number of hydrogen-bond donors (Lipinski definition) is 1. The second kappa shape index (κ2) is 3.87. The molecule has 0 heterocycles. The molecular weight excluding hydrogens is 197 g/mol. The number of nitrogen functional groups attached to an aromatic ring is 1. The van der Waals surface area contributed by atoms with Crippen LogP contribution in [0.4, 0.5) is 18.9 Å². The predicted molar refractivity (Wildman–Crippen MR) is 42.2 cm³/mol. The molecule has 0 aromatic heterocycles. The minimum Gasteiger partial charge on any atom is -0.432 e. The van der Waals surface area contributed by atoms with Crippen LogP contribution in [0.1, 0.15) is 5.56 Å². The summed E-state index contributed by atoms with van der Waals surface area (Å²) in [5, 5.41) is 8.43. The number of benzene rings is 1. The van der Waals surface area contributed by atoms with Crippen molar-refractivity contribution in [2.24, 2.45) is 0 Å². The Morgan fingerprint density at radius 3 is 2.57 bits per heavy atom. The van der Waals surface area contributed by atoms with E-state index in [4.69, 9.17) is 11.0 Å². The lowest BCUT2D eigenvalue weighted by molar-refractivity contribution is -0.0521. The third-order valence-electron chi connectivity index (χ3n) is 1.44. The molecule has 0 unspecified atom stereocenters. The van der Waals surface area contributed by atoms with Gasteiger partial charge in [0.25, 0.3) is 0 Å². The van der Waals surface area contributed by atoms with Gasteiger partial charge in [0, 0.05) is 6.07 Å². The number of nitriles is 1. The van der Waals surface area contributed by atoms with E-state index in [1.165, 1.54) is 0 Å². The van der Waals surface area contributed by atoms with Crippen LogP contribution >= 0.6 is 0 Å². The second-order valence-electron chi connectivity index (χ2n) is 2.36. The van der Waals surface area contributed by atoms with Crippen LogP contribution in [0.5, 0.6) is 5.75 Å². The van der Waals surface area contributed by atoms with E-state index in [1.807, 2.05) is 0 Å². The molecule has 0 saturated carbocycles. The topological polar surface area (TPSA) is 59.0 Å². The number of nitrogens with zero attached hydrogens (tertiary/aromatic N) is 1. The van der Waals surface area contributed by atoms with Crippen molar-refractivity contribution in [2.45, 2.75) is 6.61 Å². The Kier molecular flexibility index (Phi) is 2.82. The van der Waals surface area contributed by atoms with Gasteiger partial charge in [0.1, 0.15) is 6.07 Å². The molecule has 0 spiro atoms. The summed E-state index contributed by atoms with van der Waals surface area (Å²) in [6.45, 7) is -3.13. The second-order valence-corrected chi connectivity index (χ2v) is 2.36. The summed E-state index contributed by atoms with van der Waals surface area (Å²) >= 11 is 0. The van der Waals surface area contributed by atoms with Gasteiger partial charge in [0.05, 0.1) is 11.3 Å². The number of rotatable bonds is 2. The molecule has 0 aliphatic rings. The fraction of sp³-hybridized carbons (Fsp3) is 0.125. The fourth-order valence-electron chi connectivity index (χ4n) is 0.852. The molecule has 0 bridgehead atoms. The van der Waals surface area contributed by atoms with Crippen LogP contribution in [0.15, 0.2) is 12.1 Å². The highest BCUT2D eigenvalue weighted by Crippen LogP contribution is 2.25. The Hall–Kier alpha value is -1.90. The highest BCUT2D eigenvalue weighted by Gasteiger charge is 2.12. The highest BCUT2D eigenvalue weighted by molar-refractivity contribution is 5.57. The maximum absolute atomic E-state index is 12.9. The van der Waals surface area contributed by atoms with Gasteiger partial charge < -0.3 is 10.5 Å². The summed E-state index contributed by atoms with van der Waals surface area (Å²) in [6.07, 6.45) is 0. The molecule has 0 aliphatic heterocycles. The number of ether oxygens (including phenoxy) is 1. The van der Waals surface area contributed by atoms with Crippen molar-refractivity contribution in [3.8, 4) is 11.8 Å².